The van der Waals surface area contributed by atoms with Crippen molar-refractivity contribution in [1.29, 1.82) is 0 Å². The molecule has 24 heavy (non-hydrogen) atoms. The van der Waals surface area contributed by atoms with Gasteiger partial charge in [-0.05, 0) is 18.9 Å². The van der Waals surface area contributed by atoms with Crippen LogP contribution in [0.25, 0.3) is 0 Å². The molecule has 0 amide bonds. The van der Waals surface area contributed by atoms with Crippen LogP contribution in [0.4, 0.5) is 5.82 Å². The zero-order valence-corrected chi connectivity index (χ0v) is 13.9. The zero-order valence-electron chi connectivity index (χ0n) is 13.2. The van der Waals surface area contributed by atoms with Crippen LogP contribution in [0, 0.1) is 5.41 Å². The van der Waals surface area contributed by atoms with E-state index in [0.717, 1.165) is 12.8 Å². The predicted molar refractivity (Wildman–Crippen MR) is 87.5 cm³/mol. The summed E-state index contributed by atoms with van der Waals surface area (Å²) in [5.74, 6) is -0.492. The number of carbonyl (C=O) groups is 1. The van der Waals surface area contributed by atoms with Crippen LogP contribution in [0.5, 0.6) is 0 Å². The average Bonchev–Trinajstić information content (AvgIpc) is 2.58. The molecular weight excluding hydrogens is 336 g/mol. The Labute approximate surface area is 144 Å². The normalized spacial score (nSPS) is 25.5. The maximum Gasteiger partial charge on any atom is 0.337 e. The van der Waals surface area contributed by atoms with Gasteiger partial charge >= 0.3 is 5.97 Å². The first-order valence-electron chi connectivity index (χ1n) is 8.02. The van der Waals surface area contributed by atoms with E-state index in [1.165, 1.54) is 12.3 Å². The largest absolute Gasteiger partial charge is 0.478 e. The quantitative estimate of drug-likeness (QED) is 0.727. The minimum atomic E-state index is -1.06. The fraction of sp³-hybridized carbons (Fsp3) is 0.625. The number of carboxylic acids is 1. The third-order valence-electron chi connectivity index (χ3n) is 5.22. The Morgan fingerprint density at radius 3 is 2.71 bits per heavy atom. The van der Waals surface area contributed by atoms with Gasteiger partial charge < -0.3 is 25.0 Å². The monoisotopic (exact) mass is 356 g/mol. The number of pyridine rings is 1. The molecule has 1 aromatic heterocycles. The molecule has 2 heterocycles. The summed E-state index contributed by atoms with van der Waals surface area (Å²) in [6.07, 6.45) is 2.97. The van der Waals surface area contributed by atoms with E-state index in [2.05, 4.69) is 4.98 Å². The van der Waals surface area contributed by atoms with Crippen LogP contribution in [-0.4, -0.2) is 64.8 Å². The van der Waals surface area contributed by atoms with Crippen LogP contribution in [0.1, 0.15) is 29.6 Å². The van der Waals surface area contributed by atoms with E-state index >= 15 is 0 Å². The molecule has 3 N–H and O–H groups in total. The van der Waals surface area contributed by atoms with Crippen molar-refractivity contribution < 1.29 is 24.9 Å². The lowest BCUT2D eigenvalue weighted by atomic mass is 9.58. The fourth-order valence-corrected chi connectivity index (χ4v) is 4.01. The number of aliphatic hydroxyl groups excluding tert-OH is 2. The molecule has 132 valence electrons. The number of aromatic nitrogens is 1. The third kappa shape index (κ3) is 2.97. The maximum atomic E-state index is 11.0. The average molecular weight is 357 g/mol. The van der Waals surface area contributed by atoms with E-state index in [9.17, 15) is 9.90 Å². The first-order valence-corrected chi connectivity index (χ1v) is 8.40. The molecule has 2 atom stereocenters. The number of hydrogen-bond donors (Lipinski definition) is 3. The fourth-order valence-electron chi connectivity index (χ4n) is 3.73. The van der Waals surface area contributed by atoms with E-state index < -0.39 is 5.97 Å². The number of nitrogens with zero attached hydrogens (tertiary/aromatic N) is 2. The second kappa shape index (κ2) is 6.84. The molecule has 1 aliphatic heterocycles. The second-order valence-corrected chi connectivity index (χ2v) is 6.80. The van der Waals surface area contributed by atoms with Crippen molar-refractivity contribution in [2.75, 3.05) is 31.2 Å². The molecule has 3 rings (SSSR count). The Bertz CT molecular complexity index is 618. The van der Waals surface area contributed by atoms with Gasteiger partial charge in [-0.15, -0.1) is 0 Å². The van der Waals surface area contributed by atoms with Gasteiger partial charge in [0.25, 0.3) is 0 Å². The first kappa shape index (κ1) is 17.4. The molecule has 7 nitrogen and oxygen atoms in total. The predicted octanol–water partition coefficient (Wildman–Crippen LogP) is 1.16. The molecule has 1 aromatic rings. The molecule has 1 spiro atoms. The standard InChI is InChI=1S/C16H21ClN2O5/c17-11-7-10(15(22)23)9-18-14(11)19-3-1-16(2-4-19)12(21)8-13(16)24-6-5-20/h7,9,12-13,20-21H,1-6,8H2,(H,22,23)/t12-,13+/m0/s1. The van der Waals surface area contributed by atoms with Crippen LogP contribution in [0.2, 0.25) is 5.02 Å². The summed E-state index contributed by atoms with van der Waals surface area (Å²) in [4.78, 5) is 17.2. The maximum absolute atomic E-state index is 11.0. The molecule has 2 fully saturated rings. The summed E-state index contributed by atoms with van der Waals surface area (Å²) < 4.78 is 5.66. The van der Waals surface area contributed by atoms with Crippen molar-refractivity contribution in [3.05, 3.63) is 22.8 Å². The Morgan fingerprint density at radius 1 is 1.46 bits per heavy atom. The van der Waals surface area contributed by atoms with Crippen LogP contribution >= 0.6 is 11.6 Å². The molecule has 1 aliphatic carbocycles. The molecular formula is C16H21ClN2O5. The number of hydrogen-bond acceptors (Lipinski definition) is 6. The highest BCUT2D eigenvalue weighted by atomic mass is 35.5. The Hall–Kier alpha value is -1.41. The van der Waals surface area contributed by atoms with Gasteiger partial charge in [-0.2, -0.15) is 0 Å². The lowest BCUT2D eigenvalue weighted by Crippen LogP contribution is -2.62. The number of aromatic carboxylic acids is 1. The van der Waals surface area contributed by atoms with Crippen molar-refractivity contribution in [2.45, 2.75) is 31.5 Å². The molecule has 1 saturated carbocycles. The summed E-state index contributed by atoms with van der Waals surface area (Å²) in [6.45, 7) is 1.58. The van der Waals surface area contributed by atoms with Crippen LogP contribution < -0.4 is 4.90 Å². The Balaban J connectivity index is 1.68. The smallest absolute Gasteiger partial charge is 0.337 e. The summed E-state index contributed by atoms with van der Waals surface area (Å²) in [5.41, 5.74) is -0.205. The van der Waals surface area contributed by atoms with E-state index in [4.69, 9.17) is 26.6 Å². The van der Waals surface area contributed by atoms with Crippen molar-refractivity contribution in [3.63, 3.8) is 0 Å². The van der Waals surface area contributed by atoms with Gasteiger partial charge in [0, 0.05) is 31.1 Å². The number of aliphatic hydroxyl groups is 2. The van der Waals surface area contributed by atoms with Gasteiger partial charge in [0.2, 0.25) is 0 Å². The van der Waals surface area contributed by atoms with Gasteiger partial charge in [-0.25, -0.2) is 9.78 Å². The highest BCUT2D eigenvalue weighted by molar-refractivity contribution is 6.33. The number of ether oxygens (including phenoxy) is 1. The molecule has 2 aliphatic rings. The zero-order chi connectivity index (χ0) is 17.3. The molecule has 0 aromatic carbocycles. The summed E-state index contributed by atoms with van der Waals surface area (Å²) in [5, 5.41) is 28.4. The van der Waals surface area contributed by atoms with E-state index in [-0.39, 0.29) is 36.4 Å². The number of carboxylic acid groups (broad SMARTS) is 1. The van der Waals surface area contributed by atoms with Gasteiger partial charge in [0.05, 0.1) is 36.0 Å². The van der Waals surface area contributed by atoms with Crippen molar-refractivity contribution in [1.82, 2.24) is 4.98 Å². The van der Waals surface area contributed by atoms with Gasteiger partial charge in [-0.1, -0.05) is 11.6 Å². The van der Waals surface area contributed by atoms with Crippen LogP contribution in [-0.2, 0) is 4.74 Å². The molecule has 8 heteroatoms. The van der Waals surface area contributed by atoms with E-state index in [1.54, 1.807) is 0 Å². The third-order valence-corrected chi connectivity index (χ3v) is 5.49. The van der Waals surface area contributed by atoms with Crippen LogP contribution in [0.15, 0.2) is 12.3 Å². The number of anilines is 1. The molecule has 0 radical (unpaired) electrons. The van der Waals surface area contributed by atoms with Crippen molar-refractivity contribution >= 4 is 23.4 Å². The van der Waals surface area contributed by atoms with Gasteiger partial charge in [0.1, 0.15) is 5.82 Å². The minimum Gasteiger partial charge on any atom is -0.478 e. The Morgan fingerprint density at radius 2 is 2.17 bits per heavy atom. The topological polar surface area (TPSA) is 103 Å². The van der Waals surface area contributed by atoms with Crippen molar-refractivity contribution in [3.8, 4) is 0 Å². The number of piperidine rings is 1. The SMILES string of the molecule is O=C(O)c1cnc(N2CCC3(CC2)[C@@H](O)C[C@H]3OCCO)c(Cl)c1. The summed E-state index contributed by atoms with van der Waals surface area (Å²) >= 11 is 6.18. The first-order chi connectivity index (χ1) is 11.5. The number of rotatable bonds is 5. The van der Waals surface area contributed by atoms with Gasteiger partial charge in [-0.3, -0.25) is 0 Å². The lowest BCUT2D eigenvalue weighted by Gasteiger charge is -2.56. The van der Waals surface area contributed by atoms with Crippen molar-refractivity contribution in [2.24, 2.45) is 5.41 Å². The summed E-state index contributed by atoms with van der Waals surface area (Å²) in [6, 6.07) is 1.40. The van der Waals surface area contributed by atoms with E-state index in [1.807, 2.05) is 4.90 Å². The Kier molecular flexibility index (Phi) is 4.96. The molecule has 0 unspecified atom stereocenters. The van der Waals surface area contributed by atoms with Gasteiger partial charge in [0.15, 0.2) is 0 Å². The summed E-state index contributed by atoms with van der Waals surface area (Å²) in [7, 11) is 0. The minimum absolute atomic E-state index is 0.0236. The number of halogens is 1. The van der Waals surface area contributed by atoms with E-state index in [0.29, 0.717) is 30.4 Å². The molecule has 0 bridgehead atoms. The highest BCUT2D eigenvalue weighted by Crippen LogP contribution is 2.51. The lowest BCUT2D eigenvalue weighted by molar-refractivity contribution is -0.203. The molecule has 1 saturated heterocycles. The highest BCUT2D eigenvalue weighted by Gasteiger charge is 2.56. The second-order valence-electron chi connectivity index (χ2n) is 6.39. The van der Waals surface area contributed by atoms with Crippen LogP contribution in [0.3, 0.4) is 0 Å².